The number of hydrogen-bond donors (Lipinski definition) is 1. The number of nitro benzene ring substituents is 1. The van der Waals surface area contributed by atoms with E-state index < -0.39 is 4.92 Å². The molecule has 0 unspecified atom stereocenters. The summed E-state index contributed by atoms with van der Waals surface area (Å²) < 4.78 is 0. The lowest BCUT2D eigenvalue weighted by molar-refractivity contribution is -0.384. The first kappa shape index (κ1) is 15.4. The van der Waals surface area contributed by atoms with Crippen molar-refractivity contribution in [2.75, 3.05) is 5.32 Å². The SMILES string of the molecule is O=C(Nc1cccc(-c2cccc([N+](=O)[O-])c2)c1)c1cccnc1. The van der Waals surface area contributed by atoms with Crippen molar-refractivity contribution in [1.29, 1.82) is 0 Å². The number of amides is 1. The Balaban J connectivity index is 1.86. The van der Waals surface area contributed by atoms with Gasteiger partial charge in [-0.25, -0.2) is 0 Å². The lowest BCUT2D eigenvalue weighted by atomic mass is 10.0. The molecule has 0 atom stereocenters. The zero-order valence-corrected chi connectivity index (χ0v) is 12.5. The fraction of sp³-hybridized carbons (Fsp3) is 0. The first-order valence-electron chi connectivity index (χ1n) is 7.20. The van der Waals surface area contributed by atoms with Crippen LogP contribution in [0.2, 0.25) is 0 Å². The van der Waals surface area contributed by atoms with Gasteiger partial charge in [0.05, 0.1) is 10.5 Å². The van der Waals surface area contributed by atoms with Gasteiger partial charge in [-0.2, -0.15) is 0 Å². The summed E-state index contributed by atoms with van der Waals surface area (Å²) in [6.07, 6.45) is 3.08. The van der Waals surface area contributed by atoms with E-state index in [2.05, 4.69) is 10.3 Å². The quantitative estimate of drug-likeness (QED) is 0.583. The van der Waals surface area contributed by atoms with Gasteiger partial charge < -0.3 is 5.32 Å². The standard InChI is InChI=1S/C18H13N3O3/c22-18(15-6-3-9-19-12-15)20-16-7-1-4-13(10-16)14-5-2-8-17(11-14)21(23)24/h1-12H,(H,20,22). The van der Waals surface area contributed by atoms with Crippen LogP contribution in [0.1, 0.15) is 10.4 Å². The molecule has 3 aromatic rings. The van der Waals surface area contributed by atoms with E-state index in [9.17, 15) is 14.9 Å². The third kappa shape index (κ3) is 3.44. The summed E-state index contributed by atoms with van der Waals surface area (Å²) in [4.78, 5) is 26.5. The van der Waals surface area contributed by atoms with E-state index in [4.69, 9.17) is 0 Å². The van der Waals surface area contributed by atoms with Crippen molar-refractivity contribution in [2.45, 2.75) is 0 Å². The van der Waals surface area contributed by atoms with Crippen LogP contribution in [0, 0.1) is 10.1 Å². The largest absolute Gasteiger partial charge is 0.322 e. The van der Waals surface area contributed by atoms with Gasteiger partial charge in [-0.05, 0) is 35.4 Å². The first-order chi connectivity index (χ1) is 11.6. The van der Waals surface area contributed by atoms with Crippen molar-refractivity contribution in [2.24, 2.45) is 0 Å². The minimum absolute atomic E-state index is 0.0253. The molecule has 1 N–H and O–H groups in total. The summed E-state index contributed by atoms with van der Waals surface area (Å²) in [6.45, 7) is 0. The lowest BCUT2D eigenvalue weighted by Gasteiger charge is -2.08. The summed E-state index contributed by atoms with van der Waals surface area (Å²) in [5.74, 6) is -0.265. The van der Waals surface area contributed by atoms with Crippen LogP contribution in [-0.4, -0.2) is 15.8 Å². The van der Waals surface area contributed by atoms with Crippen LogP contribution in [0.4, 0.5) is 11.4 Å². The molecule has 0 aliphatic carbocycles. The van der Waals surface area contributed by atoms with Gasteiger partial charge in [-0.15, -0.1) is 0 Å². The Labute approximate surface area is 137 Å². The van der Waals surface area contributed by atoms with E-state index in [0.717, 1.165) is 5.56 Å². The van der Waals surface area contributed by atoms with Crippen molar-refractivity contribution in [1.82, 2.24) is 4.98 Å². The van der Waals surface area contributed by atoms with Crippen LogP contribution in [0.5, 0.6) is 0 Å². The van der Waals surface area contributed by atoms with Crippen molar-refractivity contribution in [3.05, 3.63) is 88.7 Å². The van der Waals surface area contributed by atoms with Crippen LogP contribution in [0.15, 0.2) is 73.1 Å². The monoisotopic (exact) mass is 319 g/mol. The molecule has 1 heterocycles. The Morgan fingerprint density at radius 3 is 2.46 bits per heavy atom. The number of non-ortho nitro benzene ring substituents is 1. The predicted molar refractivity (Wildman–Crippen MR) is 90.7 cm³/mol. The molecule has 0 saturated heterocycles. The van der Waals surface area contributed by atoms with Crippen molar-refractivity contribution < 1.29 is 9.72 Å². The maximum Gasteiger partial charge on any atom is 0.270 e. The number of benzene rings is 2. The average Bonchev–Trinajstić information content (AvgIpc) is 2.63. The second-order valence-corrected chi connectivity index (χ2v) is 5.08. The Morgan fingerprint density at radius 1 is 1.00 bits per heavy atom. The molecule has 0 radical (unpaired) electrons. The summed E-state index contributed by atoms with van der Waals surface area (Å²) in [6, 6.07) is 16.9. The second-order valence-electron chi connectivity index (χ2n) is 5.08. The van der Waals surface area contributed by atoms with Gasteiger partial charge in [0.1, 0.15) is 0 Å². The summed E-state index contributed by atoms with van der Waals surface area (Å²) >= 11 is 0. The molecule has 24 heavy (non-hydrogen) atoms. The number of aromatic nitrogens is 1. The Hall–Kier alpha value is -3.54. The Bertz CT molecular complexity index is 895. The van der Waals surface area contributed by atoms with E-state index in [1.807, 2.05) is 6.07 Å². The molecule has 0 aliphatic heterocycles. The summed E-state index contributed by atoms with van der Waals surface area (Å²) in [5, 5.41) is 13.7. The molecular weight excluding hydrogens is 306 g/mol. The summed E-state index contributed by atoms with van der Waals surface area (Å²) in [5.41, 5.74) is 2.58. The number of carbonyl (C=O) groups is 1. The van der Waals surface area contributed by atoms with Gasteiger partial charge in [0, 0.05) is 30.2 Å². The van der Waals surface area contributed by atoms with Gasteiger partial charge >= 0.3 is 0 Å². The first-order valence-corrected chi connectivity index (χ1v) is 7.20. The average molecular weight is 319 g/mol. The molecule has 0 saturated carbocycles. The summed E-state index contributed by atoms with van der Waals surface area (Å²) in [7, 11) is 0. The molecular formula is C18H13N3O3. The number of carbonyl (C=O) groups excluding carboxylic acids is 1. The fourth-order valence-electron chi connectivity index (χ4n) is 2.28. The highest BCUT2D eigenvalue weighted by atomic mass is 16.6. The number of anilines is 1. The van der Waals surface area contributed by atoms with Crippen LogP contribution >= 0.6 is 0 Å². The normalized spacial score (nSPS) is 10.2. The molecule has 0 fully saturated rings. The van der Waals surface area contributed by atoms with Crippen molar-refractivity contribution >= 4 is 17.3 Å². The minimum atomic E-state index is -0.433. The van der Waals surface area contributed by atoms with E-state index in [1.165, 1.54) is 18.3 Å². The predicted octanol–water partition coefficient (Wildman–Crippen LogP) is 3.91. The zero-order valence-electron chi connectivity index (χ0n) is 12.5. The zero-order chi connectivity index (χ0) is 16.9. The van der Waals surface area contributed by atoms with Gasteiger partial charge in [-0.1, -0.05) is 24.3 Å². The third-order valence-electron chi connectivity index (χ3n) is 3.43. The molecule has 3 rings (SSSR count). The maximum atomic E-state index is 12.2. The number of nitro groups is 1. The molecule has 1 amide bonds. The van der Waals surface area contributed by atoms with E-state index in [0.29, 0.717) is 16.8 Å². The highest BCUT2D eigenvalue weighted by molar-refractivity contribution is 6.04. The van der Waals surface area contributed by atoms with Crippen LogP contribution in [0.25, 0.3) is 11.1 Å². The van der Waals surface area contributed by atoms with Crippen LogP contribution in [-0.2, 0) is 0 Å². The van der Waals surface area contributed by atoms with E-state index in [1.54, 1.807) is 48.7 Å². The molecule has 118 valence electrons. The molecule has 2 aromatic carbocycles. The number of hydrogen-bond acceptors (Lipinski definition) is 4. The maximum absolute atomic E-state index is 12.2. The molecule has 6 nitrogen and oxygen atoms in total. The van der Waals surface area contributed by atoms with E-state index >= 15 is 0 Å². The van der Waals surface area contributed by atoms with Gasteiger partial charge in [0.15, 0.2) is 0 Å². The minimum Gasteiger partial charge on any atom is -0.322 e. The van der Waals surface area contributed by atoms with Gasteiger partial charge in [0.2, 0.25) is 0 Å². The van der Waals surface area contributed by atoms with Crippen molar-refractivity contribution in [3.63, 3.8) is 0 Å². The fourth-order valence-corrected chi connectivity index (χ4v) is 2.28. The second kappa shape index (κ2) is 6.70. The smallest absolute Gasteiger partial charge is 0.270 e. The van der Waals surface area contributed by atoms with Gasteiger partial charge in [0.25, 0.3) is 11.6 Å². The van der Waals surface area contributed by atoms with Crippen LogP contribution in [0.3, 0.4) is 0 Å². The Morgan fingerprint density at radius 2 is 1.75 bits per heavy atom. The van der Waals surface area contributed by atoms with Crippen LogP contribution < -0.4 is 5.32 Å². The number of rotatable bonds is 4. The van der Waals surface area contributed by atoms with Gasteiger partial charge in [-0.3, -0.25) is 19.9 Å². The molecule has 0 spiro atoms. The number of nitrogens with zero attached hydrogens (tertiary/aromatic N) is 2. The molecule has 0 aliphatic rings. The highest BCUT2D eigenvalue weighted by Gasteiger charge is 2.09. The topological polar surface area (TPSA) is 85.1 Å². The highest BCUT2D eigenvalue weighted by Crippen LogP contribution is 2.26. The Kier molecular flexibility index (Phi) is 4.29. The van der Waals surface area contributed by atoms with Crippen molar-refractivity contribution in [3.8, 4) is 11.1 Å². The number of pyridine rings is 1. The molecule has 6 heteroatoms. The third-order valence-corrected chi connectivity index (χ3v) is 3.43. The van der Waals surface area contributed by atoms with E-state index in [-0.39, 0.29) is 11.6 Å². The molecule has 0 bridgehead atoms. The molecule has 1 aromatic heterocycles. The lowest BCUT2D eigenvalue weighted by Crippen LogP contribution is -2.11. The number of nitrogens with one attached hydrogen (secondary N) is 1.